The minimum Gasteiger partial charge on any atom is -0.464 e. The Kier molecular flexibility index (Phi) is 6.67. The van der Waals surface area contributed by atoms with Crippen molar-refractivity contribution in [2.24, 2.45) is 11.8 Å². The molecule has 6 heteroatoms. The van der Waals surface area contributed by atoms with Gasteiger partial charge in [0.25, 0.3) is 0 Å². The van der Waals surface area contributed by atoms with Crippen LogP contribution in [0, 0.1) is 11.8 Å². The molecule has 0 spiro atoms. The largest absolute Gasteiger partial charge is 0.464 e. The summed E-state index contributed by atoms with van der Waals surface area (Å²) in [4.78, 5) is 11.8. The lowest BCUT2D eigenvalue weighted by molar-refractivity contribution is -0.148. The highest BCUT2D eigenvalue weighted by atomic mass is 16.5. The minimum atomic E-state index is -1.24. The third-order valence-electron chi connectivity index (χ3n) is 3.19. The summed E-state index contributed by atoms with van der Waals surface area (Å²) < 4.78 is 5.22. The summed E-state index contributed by atoms with van der Waals surface area (Å²) in [6.07, 6.45) is 2.82. The van der Waals surface area contributed by atoms with E-state index in [0.717, 1.165) is 25.8 Å². The minimum absolute atomic E-state index is 0.182. The van der Waals surface area contributed by atoms with Crippen molar-refractivity contribution in [1.82, 2.24) is 5.32 Å². The topological polar surface area (TPSA) is 78.8 Å². The van der Waals surface area contributed by atoms with E-state index in [4.69, 9.17) is 14.8 Å². The summed E-state index contributed by atoms with van der Waals surface area (Å²) in [5.74, 6) is 0.528. The number of carbonyl (C=O) groups excluding carboxylic acids is 1. The molecule has 0 bridgehead atoms. The highest BCUT2D eigenvalue weighted by Crippen LogP contribution is 2.22. The molecular weight excluding hydrogens is 233 g/mol. The van der Waals surface area contributed by atoms with Gasteiger partial charge in [0.15, 0.2) is 0 Å². The Bertz CT molecular complexity index is 260. The standard InChI is InChI=1S/C12H24BNO4/c1-9(2)8-18-12(15)11-7-10(4-6-14-11)3-5-13(16)17/h9-11,14,16-17H,3-8H2,1-2H3. The summed E-state index contributed by atoms with van der Waals surface area (Å²) >= 11 is 0. The molecule has 0 aliphatic carbocycles. The van der Waals surface area contributed by atoms with E-state index in [1.807, 2.05) is 13.8 Å². The van der Waals surface area contributed by atoms with Crippen molar-refractivity contribution < 1.29 is 19.6 Å². The first kappa shape index (κ1) is 15.5. The van der Waals surface area contributed by atoms with E-state index in [-0.39, 0.29) is 12.0 Å². The van der Waals surface area contributed by atoms with E-state index >= 15 is 0 Å². The molecule has 1 aliphatic heterocycles. The van der Waals surface area contributed by atoms with Crippen molar-refractivity contribution in [3.05, 3.63) is 0 Å². The average molecular weight is 257 g/mol. The molecule has 3 N–H and O–H groups in total. The first-order chi connectivity index (χ1) is 8.49. The Labute approximate surface area is 109 Å². The fraction of sp³-hybridized carbons (Fsp3) is 0.917. The molecule has 0 aromatic rings. The van der Waals surface area contributed by atoms with Crippen LogP contribution in [-0.4, -0.2) is 42.3 Å². The summed E-state index contributed by atoms with van der Waals surface area (Å²) in [5.41, 5.74) is 0. The maximum Gasteiger partial charge on any atom is 0.451 e. The number of ether oxygens (including phenoxy) is 1. The normalized spacial score (nSPS) is 24.1. The lowest BCUT2D eigenvalue weighted by Gasteiger charge is -2.29. The summed E-state index contributed by atoms with van der Waals surface area (Å²) in [7, 11) is -1.24. The van der Waals surface area contributed by atoms with Crippen LogP contribution in [-0.2, 0) is 9.53 Å². The number of hydrogen-bond donors (Lipinski definition) is 3. The quantitative estimate of drug-likeness (QED) is 0.474. The zero-order chi connectivity index (χ0) is 13.5. The first-order valence-electron chi connectivity index (χ1n) is 6.75. The molecular formula is C12H24BNO4. The van der Waals surface area contributed by atoms with Gasteiger partial charge in [0, 0.05) is 0 Å². The zero-order valence-corrected chi connectivity index (χ0v) is 11.3. The van der Waals surface area contributed by atoms with E-state index in [2.05, 4.69) is 5.32 Å². The van der Waals surface area contributed by atoms with Crippen molar-refractivity contribution >= 4 is 13.1 Å². The molecule has 0 radical (unpaired) electrons. The Morgan fingerprint density at radius 2 is 2.22 bits per heavy atom. The smallest absolute Gasteiger partial charge is 0.451 e. The molecule has 104 valence electrons. The lowest BCUT2D eigenvalue weighted by atomic mass is 9.77. The molecule has 1 fully saturated rings. The van der Waals surface area contributed by atoms with Crippen LogP contribution in [0.4, 0.5) is 0 Å². The number of hydrogen-bond acceptors (Lipinski definition) is 5. The van der Waals surface area contributed by atoms with Gasteiger partial charge in [-0.3, -0.25) is 4.79 Å². The van der Waals surface area contributed by atoms with Crippen molar-refractivity contribution in [3.8, 4) is 0 Å². The van der Waals surface area contributed by atoms with E-state index < -0.39 is 7.12 Å². The molecule has 1 aliphatic rings. The van der Waals surface area contributed by atoms with Gasteiger partial charge in [0.05, 0.1) is 6.61 Å². The Morgan fingerprint density at radius 3 is 2.83 bits per heavy atom. The van der Waals surface area contributed by atoms with E-state index in [1.165, 1.54) is 0 Å². The number of esters is 1. The van der Waals surface area contributed by atoms with Gasteiger partial charge in [-0.2, -0.15) is 0 Å². The number of piperidine rings is 1. The van der Waals surface area contributed by atoms with Crippen LogP contribution in [0.25, 0.3) is 0 Å². The van der Waals surface area contributed by atoms with Crippen LogP contribution >= 0.6 is 0 Å². The second kappa shape index (κ2) is 7.76. The fourth-order valence-corrected chi connectivity index (χ4v) is 2.17. The van der Waals surface area contributed by atoms with Gasteiger partial charge >= 0.3 is 13.1 Å². The zero-order valence-electron chi connectivity index (χ0n) is 11.3. The highest BCUT2D eigenvalue weighted by molar-refractivity contribution is 6.40. The number of rotatable bonds is 6. The Balaban J connectivity index is 2.31. The van der Waals surface area contributed by atoms with E-state index in [0.29, 0.717) is 24.8 Å². The van der Waals surface area contributed by atoms with Crippen LogP contribution in [0.3, 0.4) is 0 Å². The number of nitrogens with one attached hydrogen (secondary N) is 1. The summed E-state index contributed by atoms with van der Waals surface area (Å²) in [5, 5.41) is 20.9. The monoisotopic (exact) mass is 257 g/mol. The second-order valence-electron chi connectivity index (χ2n) is 5.48. The molecule has 5 nitrogen and oxygen atoms in total. The van der Waals surface area contributed by atoms with Crippen molar-refractivity contribution in [1.29, 1.82) is 0 Å². The van der Waals surface area contributed by atoms with Crippen molar-refractivity contribution in [2.75, 3.05) is 13.2 Å². The van der Waals surface area contributed by atoms with Crippen LogP contribution in [0.2, 0.25) is 6.32 Å². The maximum absolute atomic E-state index is 11.8. The van der Waals surface area contributed by atoms with Crippen molar-refractivity contribution in [3.63, 3.8) is 0 Å². The van der Waals surface area contributed by atoms with Gasteiger partial charge < -0.3 is 20.1 Å². The highest BCUT2D eigenvalue weighted by Gasteiger charge is 2.28. The molecule has 1 rings (SSSR count). The predicted molar refractivity (Wildman–Crippen MR) is 69.9 cm³/mol. The number of carbonyl (C=O) groups is 1. The third kappa shape index (κ3) is 5.84. The van der Waals surface area contributed by atoms with Crippen LogP contribution < -0.4 is 5.32 Å². The first-order valence-corrected chi connectivity index (χ1v) is 6.75. The molecule has 2 unspecified atom stereocenters. The fourth-order valence-electron chi connectivity index (χ4n) is 2.17. The van der Waals surface area contributed by atoms with Gasteiger partial charge in [-0.05, 0) is 37.5 Å². The predicted octanol–water partition coefficient (Wildman–Crippen LogP) is 0.417. The molecule has 0 aromatic carbocycles. The van der Waals surface area contributed by atoms with Gasteiger partial charge in [-0.25, -0.2) is 0 Å². The second-order valence-corrected chi connectivity index (χ2v) is 5.48. The van der Waals surface area contributed by atoms with Gasteiger partial charge in [0.2, 0.25) is 0 Å². The van der Waals surface area contributed by atoms with E-state index in [9.17, 15) is 4.79 Å². The Morgan fingerprint density at radius 1 is 1.50 bits per heavy atom. The van der Waals surface area contributed by atoms with Gasteiger partial charge in [-0.15, -0.1) is 0 Å². The molecule has 1 heterocycles. The molecule has 18 heavy (non-hydrogen) atoms. The third-order valence-corrected chi connectivity index (χ3v) is 3.19. The van der Waals surface area contributed by atoms with Crippen LogP contribution in [0.1, 0.15) is 33.1 Å². The van der Waals surface area contributed by atoms with E-state index in [1.54, 1.807) is 0 Å². The van der Waals surface area contributed by atoms with Crippen LogP contribution in [0.5, 0.6) is 0 Å². The summed E-state index contributed by atoms with van der Waals surface area (Å²) in [6, 6.07) is -0.238. The summed E-state index contributed by atoms with van der Waals surface area (Å²) in [6.45, 7) is 5.25. The molecule has 0 amide bonds. The molecule has 0 saturated carbocycles. The van der Waals surface area contributed by atoms with Crippen molar-refractivity contribution in [2.45, 2.75) is 45.5 Å². The SMILES string of the molecule is CC(C)COC(=O)C1CC(CCB(O)O)CCN1. The molecule has 2 atom stereocenters. The van der Waals surface area contributed by atoms with Crippen LogP contribution in [0.15, 0.2) is 0 Å². The molecule has 0 aromatic heterocycles. The van der Waals surface area contributed by atoms with Gasteiger partial charge in [-0.1, -0.05) is 20.3 Å². The maximum atomic E-state index is 11.8. The molecule has 1 saturated heterocycles. The average Bonchev–Trinajstić information content (AvgIpc) is 2.33. The lowest BCUT2D eigenvalue weighted by Crippen LogP contribution is -2.44. The van der Waals surface area contributed by atoms with Gasteiger partial charge in [0.1, 0.15) is 6.04 Å². The Hall–Kier alpha value is -0.585.